The summed E-state index contributed by atoms with van der Waals surface area (Å²) in [6.07, 6.45) is 1.98. The molecule has 0 aliphatic heterocycles. The van der Waals surface area contributed by atoms with Crippen LogP contribution in [0.1, 0.15) is 33.6 Å². The van der Waals surface area contributed by atoms with E-state index < -0.39 is 0 Å². The Morgan fingerprint density at radius 1 is 1.53 bits per heavy atom. The molecule has 6 nitrogen and oxygen atoms in total. The van der Waals surface area contributed by atoms with E-state index in [0.29, 0.717) is 19.7 Å². The SMILES string of the molecule is CCCC(C)C(NCCN=[N+]=[N-])C(=O)OCC. The minimum Gasteiger partial charge on any atom is -0.465 e. The standard InChI is InChI=1S/C11H22N4O2/c1-4-6-9(3)10(11(16)17-5-2)13-7-8-14-15-12/h9-10,13H,4-8H2,1-3H3. The number of rotatable bonds is 9. The lowest BCUT2D eigenvalue weighted by Crippen LogP contribution is -2.44. The van der Waals surface area contributed by atoms with Crippen LogP contribution in [0.3, 0.4) is 0 Å². The number of ether oxygens (including phenoxy) is 1. The van der Waals surface area contributed by atoms with E-state index in [-0.39, 0.29) is 17.9 Å². The Bertz CT molecular complexity index is 264. The summed E-state index contributed by atoms with van der Waals surface area (Å²) in [5.41, 5.74) is 8.16. The van der Waals surface area contributed by atoms with Crippen molar-refractivity contribution in [2.75, 3.05) is 19.7 Å². The maximum Gasteiger partial charge on any atom is 0.323 e. The van der Waals surface area contributed by atoms with Crippen LogP contribution in [-0.2, 0) is 9.53 Å². The van der Waals surface area contributed by atoms with Gasteiger partial charge in [-0.3, -0.25) is 4.79 Å². The quantitative estimate of drug-likeness (QED) is 0.221. The highest BCUT2D eigenvalue weighted by molar-refractivity contribution is 5.76. The molecule has 0 bridgehead atoms. The Morgan fingerprint density at radius 2 is 2.24 bits per heavy atom. The van der Waals surface area contributed by atoms with Gasteiger partial charge in [0.1, 0.15) is 6.04 Å². The Hall–Kier alpha value is -1.26. The molecule has 17 heavy (non-hydrogen) atoms. The van der Waals surface area contributed by atoms with Crippen molar-refractivity contribution >= 4 is 5.97 Å². The fourth-order valence-electron chi connectivity index (χ4n) is 1.69. The van der Waals surface area contributed by atoms with Crippen LogP contribution < -0.4 is 5.32 Å². The first kappa shape index (κ1) is 15.7. The number of azide groups is 1. The second kappa shape index (κ2) is 9.93. The molecule has 0 amide bonds. The Kier molecular flexibility index (Phi) is 9.19. The van der Waals surface area contributed by atoms with E-state index in [1.807, 2.05) is 6.92 Å². The van der Waals surface area contributed by atoms with Gasteiger partial charge in [-0.1, -0.05) is 25.4 Å². The third-order valence-electron chi connectivity index (χ3n) is 2.49. The fraction of sp³-hybridized carbons (Fsp3) is 0.909. The van der Waals surface area contributed by atoms with Crippen LogP contribution in [0.15, 0.2) is 5.11 Å². The lowest BCUT2D eigenvalue weighted by Gasteiger charge is -2.22. The van der Waals surface area contributed by atoms with Gasteiger partial charge in [-0.05, 0) is 24.8 Å². The first-order chi connectivity index (χ1) is 8.17. The lowest BCUT2D eigenvalue weighted by atomic mass is 9.97. The molecule has 0 fully saturated rings. The topological polar surface area (TPSA) is 87.1 Å². The molecule has 0 aromatic heterocycles. The van der Waals surface area contributed by atoms with E-state index in [0.717, 1.165) is 12.8 Å². The van der Waals surface area contributed by atoms with Gasteiger partial charge >= 0.3 is 5.97 Å². The van der Waals surface area contributed by atoms with Crippen molar-refractivity contribution in [3.63, 3.8) is 0 Å². The number of hydrogen-bond acceptors (Lipinski definition) is 4. The minimum absolute atomic E-state index is 0.213. The summed E-state index contributed by atoms with van der Waals surface area (Å²) < 4.78 is 5.02. The maximum atomic E-state index is 11.7. The van der Waals surface area contributed by atoms with Crippen molar-refractivity contribution in [3.8, 4) is 0 Å². The molecule has 1 N–H and O–H groups in total. The highest BCUT2D eigenvalue weighted by atomic mass is 16.5. The fourth-order valence-corrected chi connectivity index (χ4v) is 1.69. The first-order valence-corrected chi connectivity index (χ1v) is 6.08. The van der Waals surface area contributed by atoms with Crippen molar-refractivity contribution in [2.45, 2.75) is 39.7 Å². The van der Waals surface area contributed by atoms with Crippen molar-refractivity contribution in [1.82, 2.24) is 5.32 Å². The van der Waals surface area contributed by atoms with Gasteiger partial charge in [0, 0.05) is 18.0 Å². The Balaban J connectivity index is 4.28. The van der Waals surface area contributed by atoms with Gasteiger partial charge in [-0.2, -0.15) is 0 Å². The third-order valence-corrected chi connectivity index (χ3v) is 2.49. The molecule has 0 rings (SSSR count). The monoisotopic (exact) mass is 242 g/mol. The number of hydrogen-bond donors (Lipinski definition) is 1. The van der Waals surface area contributed by atoms with Crippen LogP contribution in [0, 0.1) is 5.92 Å². The van der Waals surface area contributed by atoms with Crippen molar-refractivity contribution in [3.05, 3.63) is 10.4 Å². The molecule has 0 aromatic rings. The molecular formula is C11H22N4O2. The molecule has 0 saturated heterocycles. The summed E-state index contributed by atoms with van der Waals surface area (Å²) in [6, 6.07) is -0.316. The Labute approximate surface area is 102 Å². The normalized spacial score (nSPS) is 13.6. The van der Waals surface area contributed by atoms with E-state index in [1.165, 1.54) is 0 Å². The zero-order chi connectivity index (χ0) is 13.1. The molecule has 0 saturated carbocycles. The van der Waals surface area contributed by atoms with E-state index in [9.17, 15) is 4.79 Å². The molecule has 0 aromatic carbocycles. The second-order valence-electron chi connectivity index (χ2n) is 3.90. The lowest BCUT2D eigenvalue weighted by molar-refractivity contribution is -0.147. The van der Waals surface area contributed by atoms with Crippen LogP contribution in [0.5, 0.6) is 0 Å². The summed E-state index contributed by atoms with van der Waals surface area (Å²) in [7, 11) is 0. The zero-order valence-electron chi connectivity index (χ0n) is 10.8. The maximum absolute atomic E-state index is 11.7. The summed E-state index contributed by atoms with van der Waals surface area (Å²) >= 11 is 0. The molecule has 0 heterocycles. The van der Waals surface area contributed by atoms with Gasteiger partial charge in [0.2, 0.25) is 0 Å². The predicted octanol–water partition coefficient (Wildman–Crippen LogP) is 2.25. The van der Waals surface area contributed by atoms with Gasteiger partial charge in [-0.25, -0.2) is 0 Å². The number of carbonyl (C=O) groups is 1. The summed E-state index contributed by atoms with van der Waals surface area (Å²) in [5, 5.41) is 6.50. The van der Waals surface area contributed by atoms with Crippen LogP contribution in [-0.4, -0.2) is 31.7 Å². The molecular weight excluding hydrogens is 220 g/mol. The number of carbonyl (C=O) groups excluding carboxylic acids is 1. The van der Waals surface area contributed by atoms with Gasteiger partial charge in [-0.15, -0.1) is 0 Å². The van der Waals surface area contributed by atoms with Crippen LogP contribution >= 0.6 is 0 Å². The van der Waals surface area contributed by atoms with E-state index >= 15 is 0 Å². The van der Waals surface area contributed by atoms with Crippen LogP contribution in [0.25, 0.3) is 10.4 Å². The second-order valence-corrected chi connectivity index (χ2v) is 3.90. The number of nitrogens with zero attached hydrogens (tertiary/aromatic N) is 3. The minimum atomic E-state index is -0.316. The summed E-state index contributed by atoms with van der Waals surface area (Å²) in [5.74, 6) is -0.0143. The van der Waals surface area contributed by atoms with Gasteiger partial charge in [0.05, 0.1) is 6.61 Å². The van der Waals surface area contributed by atoms with Gasteiger partial charge in [0.15, 0.2) is 0 Å². The summed E-state index contributed by atoms with van der Waals surface area (Å²) in [6.45, 7) is 7.10. The molecule has 2 atom stereocenters. The van der Waals surface area contributed by atoms with Crippen LogP contribution in [0.2, 0.25) is 0 Å². The highest BCUT2D eigenvalue weighted by Gasteiger charge is 2.24. The largest absolute Gasteiger partial charge is 0.465 e. The average Bonchev–Trinajstić information content (AvgIpc) is 2.29. The average molecular weight is 242 g/mol. The van der Waals surface area contributed by atoms with E-state index in [2.05, 4.69) is 22.3 Å². The van der Waals surface area contributed by atoms with E-state index in [4.69, 9.17) is 10.3 Å². The Morgan fingerprint density at radius 3 is 2.76 bits per heavy atom. The van der Waals surface area contributed by atoms with Gasteiger partial charge in [0.25, 0.3) is 0 Å². The molecule has 98 valence electrons. The molecule has 0 aliphatic carbocycles. The van der Waals surface area contributed by atoms with Crippen LogP contribution in [0.4, 0.5) is 0 Å². The highest BCUT2D eigenvalue weighted by Crippen LogP contribution is 2.12. The first-order valence-electron chi connectivity index (χ1n) is 6.08. The van der Waals surface area contributed by atoms with Gasteiger partial charge < -0.3 is 10.1 Å². The predicted molar refractivity (Wildman–Crippen MR) is 66.5 cm³/mol. The number of nitrogens with one attached hydrogen (secondary N) is 1. The molecule has 0 aliphatic rings. The van der Waals surface area contributed by atoms with Crippen molar-refractivity contribution in [2.24, 2.45) is 11.0 Å². The summed E-state index contributed by atoms with van der Waals surface area (Å²) in [4.78, 5) is 14.4. The zero-order valence-corrected chi connectivity index (χ0v) is 10.8. The van der Waals surface area contributed by atoms with Crippen molar-refractivity contribution < 1.29 is 9.53 Å². The number of esters is 1. The smallest absolute Gasteiger partial charge is 0.323 e. The van der Waals surface area contributed by atoms with Crippen molar-refractivity contribution in [1.29, 1.82) is 0 Å². The molecule has 6 heteroatoms. The third kappa shape index (κ3) is 6.81. The van der Waals surface area contributed by atoms with E-state index in [1.54, 1.807) is 6.92 Å². The molecule has 2 unspecified atom stereocenters. The molecule has 0 radical (unpaired) electrons. The molecule has 0 spiro atoms.